The van der Waals surface area contributed by atoms with E-state index in [1.54, 1.807) is 10.6 Å². The average Bonchev–Trinajstić information content (AvgIpc) is 3.38. The number of hydrogen-bond acceptors (Lipinski definition) is 5. The Morgan fingerprint density at radius 2 is 1.97 bits per heavy atom. The van der Waals surface area contributed by atoms with Crippen LogP contribution in [0.25, 0.3) is 16.7 Å². The van der Waals surface area contributed by atoms with E-state index in [1.165, 1.54) is 0 Å². The van der Waals surface area contributed by atoms with Gasteiger partial charge < -0.3 is 15.1 Å². The molecule has 5 aromatic rings. The molecule has 148 valence electrons. The van der Waals surface area contributed by atoms with Crippen molar-refractivity contribution in [3.63, 3.8) is 0 Å². The number of amides is 1. The fourth-order valence-electron chi connectivity index (χ4n) is 3.33. The maximum atomic E-state index is 12.8. The molecular weight excluding hydrogens is 378 g/mol. The molecule has 0 unspecified atom stereocenters. The second-order valence-electron chi connectivity index (χ2n) is 7.02. The fraction of sp³-hybridized carbons (Fsp3) is 0.0870. The van der Waals surface area contributed by atoms with Gasteiger partial charge in [0.25, 0.3) is 11.9 Å². The molecule has 0 radical (unpaired) electrons. The predicted octanol–water partition coefficient (Wildman–Crippen LogP) is 4.65. The first kappa shape index (κ1) is 17.9. The summed E-state index contributed by atoms with van der Waals surface area (Å²) in [5.74, 6) is -0.208. The lowest BCUT2D eigenvalue weighted by atomic mass is 10.1. The molecule has 30 heavy (non-hydrogen) atoms. The van der Waals surface area contributed by atoms with E-state index in [9.17, 15) is 4.79 Å². The van der Waals surface area contributed by atoms with E-state index in [2.05, 4.69) is 20.6 Å². The number of imidazole rings is 1. The summed E-state index contributed by atoms with van der Waals surface area (Å²) in [6.07, 6.45) is 3.41. The Labute approximate surface area is 172 Å². The Kier molecular flexibility index (Phi) is 4.40. The molecule has 0 aliphatic heterocycles. The predicted molar refractivity (Wildman–Crippen MR) is 116 cm³/mol. The first-order valence-electron chi connectivity index (χ1n) is 9.60. The Morgan fingerprint density at radius 1 is 1.10 bits per heavy atom. The standard InChI is InChI=1S/C23H19N5O2/c1-15-9-10-16(13-25-23-27-17-6-2-3-7-20(17)30-23)12-18(15)26-22(29)19-14-24-21-8-4-5-11-28(19)21/h2-12,14H,13H2,1H3,(H,25,27)(H,26,29). The van der Waals surface area contributed by atoms with Gasteiger partial charge in [-0.1, -0.05) is 30.3 Å². The maximum absolute atomic E-state index is 12.8. The van der Waals surface area contributed by atoms with E-state index >= 15 is 0 Å². The third-order valence-corrected chi connectivity index (χ3v) is 4.94. The van der Waals surface area contributed by atoms with Crippen molar-refractivity contribution in [2.24, 2.45) is 0 Å². The smallest absolute Gasteiger partial charge is 0.295 e. The van der Waals surface area contributed by atoms with E-state index in [1.807, 2.05) is 73.8 Å². The van der Waals surface area contributed by atoms with Crippen molar-refractivity contribution in [1.29, 1.82) is 0 Å². The minimum absolute atomic E-state index is 0.208. The van der Waals surface area contributed by atoms with Gasteiger partial charge in [-0.2, -0.15) is 4.98 Å². The maximum Gasteiger partial charge on any atom is 0.295 e. The van der Waals surface area contributed by atoms with E-state index in [4.69, 9.17) is 4.42 Å². The van der Waals surface area contributed by atoms with Crippen molar-refractivity contribution in [3.05, 3.63) is 89.9 Å². The first-order valence-corrected chi connectivity index (χ1v) is 9.60. The second-order valence-corrected chi connectivity index (χ2v) is 7.02. The van der Waals surface area contributed by atoms with E-state index in [-0.39, 0.29) is 5.91 Å². The molecule has 1 amide bonds. The van der Waals surface area contributed by atoms with Crippen LogP contribution in [0.5, 0.6) is 0 Å². The summed E-state index contributed by atoms with van der Waals surface area (Å²) in [5, 5.41) is 6.20. The van der Waals surface area contributed by atoms with Gasteiger partial charge in [-0.15, -0.1) is 0 Å². The average molecular weight is 397 g/mol. The zero-order valence-corrected chi connectivity index (χ0v) is 16.3. The molecule has 0 atom stereocenters. The number of anilines is 2. The summed E-state index contributed by atoms with van der Waals surface area (Å²) in [6, 6.07) is 19.7. The zero-order chi connectivity index (χ0) is 20.5. The summed E-state index contributed by atoms with van der Waals surface area (Å²) in [6.45, 7) is 2.48. The SMILES string of the molecule is Cc1ccc(CNc2nc3ccccc3o2)cc1NC(=O)c1cnc2ccccn12. The van der Waals surface area contributed by atoms with Crippen LogP contribution in [-0.4, -0.2) is 20.3 Å². The largest absolute Gasteiger partial charge is 0.424 e. The minimum Gasteiger partial charge on any atom is -0.424 e. The van der Waals surface area contributed by atoms with Gasteiger partial charge in [0.05, 0.1) is 6.20 Å². The molecule has 0 fully saturated rings. The van der Waals surface area contributed by atoms with Gasteiger partial charge in [-0.3, -0.25) is 9.20 Å². The molecule has 3 aromatic heterocycles. The highest BCUT2D eigenvalue weighted by molar-refractivity contribution is 6.03. The number of pyridine rings is 1. The van der Waals surface area contributed by atoms with Crippen LogP contribution in [0.3, 0.4) is 0 Å². The van der Waals surface area contributed by atoms with Gasteiger partial charge in [0.2, 0.25) is 0 Å². The van der Waals surface area contributed by atoms with E-state index < -0.39 is 0 Å². The number of nitrogens with zero attached hydrogens (tertiary/aromatic N) is 3. The Balaban J connectivity index is 1.33. The fourth-order valence-corrected chi connectivity index (χ4v) is 3.33. The zero-order valence-electron chi connectivity index (χ0n) is 16.3. The summed E-state index contributed by atoms with van der Waals surface area (Å²) in [4.78, 5) is 21.5. The Morgan fingerprint density at radius 3 is 2.87 bits per heavy atom. The third-order valence-electron chi connectivity index (χ3n) is 4.94. The lowest BCUT2D eigenvalue weighted by molar-refractivity contribution is 0.102. The first-order chi connectivity index (χ1) is 14.7. The highest BCUT2D eigenvalue weighted by atomic mass is 16.4. The van der Waals surface area contributed by atoms with Crippen LogP contribution >= 0.6 is 0 Å². The van der Waals surface area contributed by atoms with Crippen LogP contribution in [0, 0.1) is 6.92 Å². The van der Waals surface area contributed by atoms with Crippen LogP contribution in [0.4, 0.5) is 11.7 Å². The van der Waals surface area contributed by atoms with Gasteiger partial charge in [-0.05, 0) is 48.4 Å². The van der Waals surface area contributed by atoms with Gasteiger partial charge in [-0.25, -0.2) is 4.98 Å². The van der Waals surface area contributed by atoms with Crippen LogP contribution in [0.15, 0.2) is 77.5 Å². The molecule has 7 nitrogen and oxygen atoms in total. The molecule has 0 bridgehead atoms. The number of aromatic nitrogens is 3. The molecule has 0 aliphatic rings. The molecule has 0 saturated heterocycles. The van der Waals surface area contributed by atoms with Gasteiger partial charge in [0, 0.05) is 18.4 Å². The number of aryl methyl sites for hydroxylation is 1. The lowest BCUT2D eigenvalue weighted by Gasteiger charge is -2.11. The number of nitrogens with one attached hydrogen (secondary N) is 2. The van der Waals surface area contributed by atoms with Crippen molar-refractivity contribution in [1.82, 2.24) is 14.4 Å². The molecular formula is C23H19N5O2. The minimum atomic E-state index is -0.208. The molecule has 0 saturated carbocycles. The van der Waals surface area contributed by atoms with Gasteiger partial charge in [0.15, 0.2) is 5.58 Å². The number of oxazole rings is 1. The number of hydrogen-bond donors (Lipinski definition) is 2. The molecule has 0 spiro atoms. The Hall–Kier alpha value is -4.13. The quantitative estimate of drug-likeness (QED) is 0.451. The summed E-state index contributed by atoms with van der Waals surface area (Å²) in [7, 11) is 0. The van der Waals surface area contributed by atoms with Crippen LogP contribution in [-0.2, 0) is 6.54 Å². The van der Waals surface area contributed by atoms with Crippen molar-refractivity contribution in [2.45, 2.75) is 13.5 Å². The second kappa shape index (κ2) is 7.36. The monoisotopic (exact) mass is 397 g/mol. The highest BCUT2D eigenvalue weighted by Gasteiger charge is 2.13. The van der Waals surface area contributed by atoms with Crippen LogP contribution in [0.1, 0.15) is 21.6 Å². The third kappa shape index (κ3) is 3.37. The van der Waals surface area contributed by atoms with Crippen molar-refractivity contribution >= 4 is 34.4 Å². The van der Waals surface area contributed by atoms with Gasteiger partial charge in [0.1, 0.15) is 16.9 Å². The number of benzene rings is 2. The van der Waals surface area contributed by atoms with Crippen LogP contribution < -0.4 is 10.6 Å². The number of fused-ring (bicyclic) bond motifs is 2. The summed E-state index contributed by atoms with van der Waals surface area (Å²) >= 11 is 0. The van der Waals surface area contributed by atoms with Gasteiger partial charge >= 0.3 is 0 Å². The number of carbonyl (C=O) groups excluding carboxylic acids is 1. The van der Waals surface area contributed by atoms with E-state index in [0.29, 0.717) is 18.3 Å². The molecule has 2 aromatic carbocycles. The number of rotatable bonds is 5. The topological polar surface area (TPSA) is 84.5 Å². The molecule has 2 N–H and O–H groups in total. The van der Waals surface area contributed by atoms with Crippen LogP contribution in [0.2, 0.25) is 0 Å². The molecule has 3 heterocycles. The number of para-hydroxylation sites is 2. The molecule has 7 heteroatoms. The molecule has 5 rings (SSSR count). The number of carbonyl (C=O) groups is 1. The normalized spacial score (nSPS) is 11.1. The highest BCUT2D eigenvalue weighted by Crippen LogP contribution is 2.21. The lowest BCUT2D eigenvalue weighted by Crippen LogP contribution is -2.15. The Bertz CT molecular complexity index is 1340. The molecule has 0 aliphatic carbocycles. The van der Waals surface area contributed by atoms with Crippen molar-refractivity contribution in [3.8, 4) is 0 Å². The summed E-state index contributed by atoms with van der Waals surface area (Å²) in [5.41, 5.74) is 5.49. The summed E-state index contributed by atoms with van der Waals surface area (Å²) < 4.78 is 7.46. The van der Waals surface area contributed by atoms with Crippen molar-refractivity contribution in [2.75, 3.05) is 10.6 Å². The van der Waals surface area contributed by atoms with Crippen molar-refractivity contribution < 1.29 is 9.21 Å². The van der Waals surface area contributed by atoms with E-state index in [0.717, 1.165) is 33.6 Å².